The minimum Gasteiger partial charge on any atom is -0.0616 e. The summed E-state index contributed by atoms with van der Waals surface area (Å²) in [6, 6.07) is 4.77. The average Bonchev–Trinajstić information content (AvgIpc) is 2.32. The highest BCUT2D eigenvalue weighted by molar-refractivity contribution is 5.42. The highest BCUT2D eigenvalue weighted by Crippen LogP contribution is 2.38. The summed E-state index contributed by atoms with van der Waals surface area (Å²) in [5.74, 6) is 1.59. The predicted octanol–water partition coefficient (Wildman–Crippen LogP) is 3.60. The lowest BCUT2D eigenvalue weighted by molar-refractivity contribution is 0.532. The molecule has 1 aliphatic carbocycles. The third-order valence-electron chi connectivity index (χ3n) is 3.64. The first kappa shape index (κ1) is 8.80. The Labute approximate surface area is 81.0 Å². The van der Waals surface area contributed by atoms with Crippen LogP contribution in [0.1, 0.15) is 42.0 Å². The minimum absolute atomic E-state index is 0.759. The summed E-state index contributed by atoms with van der Waals surface area (Å²) < 4.78 is 0. The van der Waals surface area contributed by atoms with E-state index in [1.165, 1.54) is 17.5 Å². The van der Waals surface area contributed by atoms with Crippen molar-refractivity contribution >= 4 is 0 Å². The van der Waals surface area contributed by atoms with Gasteiger partial charge in [0.05, 0.1) is 0 Å². The molecule has 0 saturated heterocycles. The van der Waals surface area contributed by atoms with E-state index in [-0.39, 0.29) is 0 Å². The van der Waals surface area contributed by atoms with Gasteiger partial charge in [0.1, 0.15) is 0 Å². The summed E-state index contributed by atoms with van der Waals surface area (Å²) in [5.41, 5.74) is 6.07. The van der Waals surface area contributed by atoms with Gasteiger partial charge in [-0.1, -0.05) is 26.0 Å². The van der Waals surface area contributed by atoms with Crippen molar-refractivity contribution in [3.8, 4) is 0 Å². The summed E-state index contributed by atoms with van der Waals surface area (Å²) in [6.07, 6.45) is 1.28. The van der Waals surface area contributed by atoms with Crippen LogP contribution in [0.15, 0.2) is 12.1 Å². The van der Waals surface area contributed by atoms with Gasteiger partial charge in [0.25, 0.3) is 0 Å². The van der Waals surface area contributed by atoms with E-state index in [4.69, 9.17) is 0 Å². The molecule has 0 spiro atoms. The summed E-state index contributed by atoms with van der Waals surface area (Å²) in [5, 5.41) is 0. The van der Waals surface area contributed by atoms with E-state index in [0.29, 0.717) is 0 Å². The Morgan fingerprint density at radius 2 is 1.69 bits per heavy atom. The van der Waals surface area contributed by atoms with Crippen molar-refractivity contribution in [2.24, 2.45) is 5.92 Å². The lowest BCUT2D eigenvalue weighted by atomic mass is 9.95. The molecule has 13 heavy (non-hydrogen) atoms. The average molecular weight is 174 g/mol. The zero-order valence-electron chi connectivity index (χ0n) is 9.02. The van der Waals surface area contributed by atoms with Gasteiger partial charge in [-0.15, -0.1) is 0 Å². The smallest absolute Gasteiger partial charge is 0.0159 e. The van der Waals surface area contributed by atoms with Crippen molar-refractivity contribution in [1.29, 1.82) is 0 Å². The summed E-state index contributed by atoms with van der Waals surface area (Å²) >= 11 is 0. The number of aryl methyl sites for hydroxylation is 2. The van der Waals surface area contributed by atoms with Crippen molar-refractivity contribution in [2.45, 2.75) is 40.0 Å². The lowest BCUT2D eigenvalue weighted by Crippen LogP contribution is -1.97. The molecule has 0 heteroatoms. The molecule has 0 nitrogen and oxygen atoms in total. The maximum Gasteiger partial charge on any atom is -0.0159 e. The number of rotatable bonds is 0. The molecule has 0 fully saturated rings. The largest absolute Gasteiger partial charge is 0.0616 e. The van der Waals surface area contributed by atoms with Gasteiger partial charge >= 0.3 is 0 Å². The molecule has 0 bridgehead atoms. The highest BCUT2D eigenvalue weighted by atomic mass is 14.3. The van der Waals surface area contributed by atoms with Crippen molar-refractivity contribution in [2.75, 3.05) is 0 Å². The van der Waals surface area contributed by atoms with E-state index in [1.54, 1.807) is 11.1 Å². The summed E-state index contributed by atoms with van der Waals surface area (Å²) in [4.78, 5) is 0. The van der Waals surface area contributed by atoms with E-state index < -0.39 is 0 Å². The second-order valence-electron chi connectivity index (χ2n) is 4.61. The van der Waals surface area contributed by atoms with Crippen molar-refractivity contribution in [1.82, 2.24) is 0 Å². The first-order valence-corrected chi connectivity index (χ1v) is 5.19. The van der Waals surface area contributed by atoms with Crippen LogP contribution in [0.4, 0.5) is 0 Å². The van der Waals surface area contributed by atoms with Crippen LogP contribution in [0.25, 0.3) is 0 Å². The first-order valence-electron chi connectivity index (χ1n) is 5.19. The van der Waals surface area contributed by atoms with E-state index >= 15 is 0 Å². The molecule has 1 aromatic carbocycles. The quantitative estimate of drug-likeness (QED) is 0.563. The van der Waals surface area contributed by atoms with Crippen LogP contribution in [0.3, 0.4) is 0 Å². The maximum absolute atomic E-state index is 2.39. The molecule has 0 saturated carbocycles. The van der Waals surface area contributed by atoms with Gasteiger partial charge < -0.3 is 0 Å². The Hall–Kier alpha value is -0.780. The fourth-order valence-corrected chi connectivity index (χ4v) is 2.33. The van der Waals surface area contributed by atoms with Crippen LogP contribution in [0, 0.1) is 19.8 Å². The molecule has 2 rings (SSSR count). The van der Waals surface area contributed by atoms with Gasteiger partial charge in [-0.25, -0.2) is 0 Å². The van der Waals surface area contributed by atoms with Crippen LogP contribution in [0.5, 0.6) is 0 Å². The van der Waals surface area contributed by atoms with Gasteiger partial charge in [-0.05, 0) is 54.4 Å². The fraction of sp³-hybridized carbons (Fsp3) is 0.538. The Morgan fingerprint density at radius 1 is 1.08 bits per heavy atom. The lowest BCUT2D eigenvalue weighted by Gasteiger charge is -2.10. The molecule has 0 unspecified atom stereocenters. The van der Waals surface area contributed by atoms with Crippen LogP contribution < -0.4 is 0 Å². The van der Waals surface area contributed by atoms with Crippen LogP contribution in [-0.2, 0) is 6.42 Å². The standard InChI is InChI=1S/C13H18/c1-8-5-12-6-10(3)11(4)13(12)7-9(8)2/h5,7,10-11H,6H2,1-4H3/t10-,11-/m1/s1. The van der Waals surface area contributed by atoms with E-state index in [9.17, 15) is 0 Å². The van der Waals surface area contributed by atoms with Gasteiger partial charge in [0, 0.05) is 0 Å². The zero-order valence-corrected chi connectivity index (χ0v) is 9.02. The molecule has 1 aromatic rings. The topological polar surface area (TPSA) is 0 Å². The number of hydrogen-bond acceptors (Lipinski definition) is 0. The molecule has 0 amide bonds. The SMILES string of the molecule is Cc1cc2c(cc1C)[C@H](C)[C@H](C)C2. The number of benzene rings is 1. The molecule has 0 heterocycles. The van der Waals surface area contributed by atoms with Gasteiger partial charge in [0.2, 0.25) is 0 Å². The van der Waals surface area contributed by atoms with Crippen molar-refractivity contribution in [3.63, 3.8) is 0 Å². The molecule has 0 aromatic heterocycles. The second kappa shape index (κ2) is 2.87. The molecular formula is C13H18. The molecule has 0 radical (unpaired) electrons. The summed E-state index contributed by atoms with van der Waals surface area (Å²) in [7, 11) is 0. The van der Waals surface area contributed by atoms with Crippen molar-refractivity contribution in [3.05, 3.63) is 34.4 Å². The Kier molecular flexibility index (Phi) is 1.94. The first-order chi connectivity index (χ1) is 6.09. The Bertz CT molecular complexity index is 336. The normalized spacial score (nSPS) is 26.2. The molecule has 2 atom stereocenters. The zero-order chi connectivity index (χ0) is 9.59. The van der Waals surface area contributed by atoms with E-state index in [0.717, 1.165) is 11.8 Å². The Morgan fingerprint density at radius 3 is 2.38 bits per heavy atom. The molecule has 0 N–H and O–H groups in total. The third kappa shape index (κ3) is 1.29. The van der Waals surface area contributed by atoms with Crippen LogP contribution in [-0.4, -0.2) is 0 Å². The minimum atomic E-state index is 0.759. The van der Waals surface area contributed by atoms with Crippen LogP contribution >= 0.6 is 0 Å². The van der Waals surface area contributed by atoms with E-state index in [1.807, 2.05) is 0 Å². The maximum atomic E-state index is 2.39. The molecule has 1 aliphatic rings. The van der Waals surface area contributed by atoms with E-state index in [2.05, 4.69) is 39.8 Å². The van der Waals surface area contributed by atoms with Crippen LogP contribution in [0.2, 0.25) is 0 Å². The van der Waals surface area contributed by atoms with Gasteiger partial charge in [-0.2, -0.15) is 0 Å². The van der Waals surface area contributed by atoms with Gasteiger partial charge in [-0.3, -0.25) is 0 Å². The highest BCUT2D eigenvalue weighted by Gasteiger charge is 2.25. The fourth-order valence-electron chi connectivity index (χ4n) is 2.33. The third-order valence-corrected chi connectivity index (χ3v) is 3.64. The number of hydrogen-bond donors (Lipinski definition) is 0. The molecule has 0 aliphatic heterocycles. The molecule has 70 valence electrons. The van der Waals surface area contributed by atoms with Crippen molar-refractivity contribution < 1.29 is 0 Å². The molecular weight excluding hydrogens is 156 g/mol. The van der Waals surface area contributed by atoms with Gasteiger partial charge in [0.15, 0.2) is 0 Å². The number of fused-ring (bicyclic) bond motifs is 1. The monoisotopic (exact) mass is 174 g/mol. The second-order valence-corrected chi connectivity index (χ2v) is 4.61. The summed E-state index contributed by atoms with van der Waals surface area (Å²) in [6.45, 7) is 9.13. The predicted molar refractivity (Wildman–Crippen MR) is 57.2 cm³/mol. The Balaban J connectivity index is 2.53.